The number of carbonyl (C=O) groups is 4. The zero-order valence-corrected chi connectivity index (χ0v) is 19.6. The van der Waals surface area contributed by atoms with E-state index in [-0.39, 0.29) is 31.5 Å². The van der Waals surface area contributed by atoms with E-state index >= 15 is 0 Å². The van der Waals surface area contributed by atoms with Crippen molar-refractivity contribution in [3.63, 3.8) is 0 Å². The summed E-state index contributed by atoms with van der Waals surface area (Å²) in [5, 5.41) is 50.4. The Morgan fingerprint density at radius 1 is 0.879 bits per heavy atom. The summed E-state index contributed by atoms with van der Waals surface area (Å²) in [5.74, 6) is -2.90. The molecule has 0 radical (unpaired) electrons. The summed E-state index contributed by atoms with van der Waals surface area (Å²) in [6.07, 6.45) is 2.31. The molecule has 0 aromatic heterocycles. The number of hydrogen-bond acceptors (Lipinski definition) is 10. The summed E-state index contributed by atoms with van der Waals surface area (Å²) >= 11 is 0. The van der Waals surface area contributed by atoms with Gasteiger partial charge in [-0.25, -0.2) is 9.59 Å². The van der Waals surface area contributed by atoms with Crippen molar-refractivity contribution in [1.82, 2.24) is 0 Å². The number of aliphatic carboxylic acids is 2. The highest BCUT2D eigenvalue weighted by Crippen LogP contribution is 2.10. The standard InChI is InChI=1S/C6H10O4.C6H14O3.C5H12O2.C4H2O3/c7-5(8)3-1-2-4-6(9)10;1-5(7)3-9-4-6(2)8;1-5(2,3-6)4-7;5-3-1-2-4(6)7-3/h1-4H2,(H,7,8)(H,9,10);5-8H,3-4H2,1-2H3;6-7H,3-4H2,1-2H3;1-2H. The number of carboxylic acids is 2. The quantitative estimate of drug-likeness (QED) is 0.132. The van der Waals surface area contributed by atoms with Gasteiger partial charge in [0.15, 0.2) is 0 Å². The fourth-order valence-corrected chi connectivity index (χ4v) is 1.31. The number of carbonyl (C=O) groups excluding carboxylic acids is 2. The van der Waals surface area contributed by atoms with Gasteiger partial charge in [0, 0.05) is 30.4 Å². The minimum Gasteiger partial charge on any atom is -0.481 e. The van der Waals surface area contributed by atoms with Crippen LogP contribution in [0.3, 0.4) is 0 Å². The van der Waals surface area contributed by atoms with E-state index in [9.17, 15) is 19.2 Å². The monoisotopic (exact) mass is 482 g/mol. The molecule has 0 aromatic rings. The molecule has 6 N–H and O–H groups in total. The van der Waals surface area contributed by atoms with Gasteiger partial charge in [0.05, 0.1) is 38.6 Å². The lowest BCUT2D eigenvalue weighted by molar-refractivity contribution is -0.150. The van der Waals surface area contributed by atoms with E-state index in [1.165, 1.54) is 0 Å². The van der Waals surface area contributed by atoms with Crippen LogP contribution in [0, 0.1) is 5.41 Å². The summed E-state index contributed by atoms with van der Waals surface area (Å²) in [7, 11) is 0. The first kappa shape index (κ1) is 35.2. The molecule has 0 aromatic carbocycles. The second kappa shape index (κ2) is 21.5. The molecular weight excluding hydrogens is 444 g/mol. The average molecular weight is 483 g/mol. The molecule has 0 amide bonds. The first-order valence-electron chi connectivity index (χ1n) is 10.2. The van der Waals surface area contributed by atoms with Crippen LogP contribution in [0.25, 0.3) is 0 Å². The predicted octanol–water partition coefficient (Wildman–Crippen LogP) is 0.104. The summed E-state index contributed by atoms with van der Waals surface area (Å²) in [5.41, 5.74) is -0.306. The molecular formula is C21H38O12. The van der Waals surface area contributed by atoms with Gasteiger partial charge in [0.2, 0.25) is 0 Å². The van der Waals surface area contributed by atoms with E-state index in [1.807, 2.05) is 0 Å². The van der Waals surface area contributed by atoms with Crippen molar-refractivity contribution < 1.29 is 59.3 Å². The fraction of sp³-hybridized carbons (Fsp3) is 0.714. The van der Waals surface area contributed by atoms with Crippen molar-refractivity contribution >= 4 is 23.9 Å². The van der Waals surface area contributed by atoms with Gasteiger partial charge in [-0.3, -0.25) is 9.59 Å². The lowest BCUT2D eigenvalue weighted by atomic mass is 9.97. The lowest BCUT2D eigenvalue weighted by Crippen LogP contribution is -2.20. The minimum atomic E-state index is -0.870. The third-order valence-corrected chi connectivity index (χ3v) is 3.16. The highest BCUT2D eigenvalue weighted by molar-refractivity contribution is 6.04. The Morgan fingerprint density at radius 2 is 1.21 bits per heavy atom. The molecule has 33 heavy (non-hydrogen) atoms. The zero-order chi connectivity index (χ0) is 26.4. The Balaban J connectivity index is -0.000000367. The van der Waals surface area contributed by atoms with Crippen LogP contribution in [0.2, 0.25) is 0 Å². The van der Waals surface area contributed by atoms with E-state index in [2.05, 4.69) is 4.74 Å². The van der Waals surface area contributed by atoms with E-state index in [0.717, 1.165) is 12.2 Å². The number of aliphatic hydroxyl groups excluding tert-OH is 4. The number of ether oxygens (including phenoxy) is 2. The van der Waals surface area contributed by atoms with Gasteiger partial charge in [-0.1, -0.05) is 13.8 Å². The van der Waals surface area contributed by atoms with Crippen molar-refractivity contribution in [2.24, 2.45) is 5.41 Å². The summed E-state index contributed by atoms with van der Waals surface area (Å²) in [4.78, 5) is 39.6. The van der Waals surface area contributed by atoms with Crippen LogP contribution in [0.15, 0.2) is 12.2 Å². The second-order valence-electron chi connectivity index (χ2n) is 7.78. The van der Waals surface area contributed by atoms with E-state index in [1.54, 1.807) is 27.7 Å². The van der Waals surface area contributed by atoms with Crippen molar-refractivity contribution in [3.05, 3.63) is 12.2 Å². The molecule has 12 heteroatoms. The molecule has 12 nitrogen and oxygen atoms in total. The number of cyclic esters (lactones) is 2. The maximum Gasteiger partial charge on any atom is 0.338 e. The predicted molar refractivity (Wildman–Crippen MR) is 116 cm³/mol. The molecule has 2 atom stereocenters. The molecule has 1 rings (SSSR count). The fourth-order valence-electron chi connectivity index (χ4n) is 1.31. The maximum absolute atomic E-state index is 9.92. The van der Waals surface area contributed by atoms with Crippen molar-refractivity contribution in [2.75, 3.05) is 26.4 Å². The van der Waals surface area contributed by atoms with Gasteiger partial charge in [-0.2, -0.15) is 0 Å². The smallest absolute Gasteiger partial charge is 0.338 e. The normalized spacial score (nSPS) is 13.8. The minimum absolute atomic E-state index is 0.0451. The summed E-state index contributed by atoms with van der Waals surface area (Å²) < 4.78 is 8.83. The third-order valence-electron chi connectivity index (χ3n) is 3.16. The van der Waals surface area contributed by atoms with Crippen LogP contribution in [0.4, 0.5) is 0 Å². The van der Waals surface area contributed by atoms with Gasteiger partial charge >= 0.3 is 23.9 Å². The average Bonchev–Trinajstić information content (AvgIpc) is 3.08. The van der Waals surface area contributed by atoms with Crippen LogP contribution >= 0.6 is 0 Å². The molecule has 1 aliphatic rings. The first-order chi connectivity index (χ1) is 15.2. The van der Waals surface area contributed by atoms with Gasteiger partial charge < -0.3 is 40.1 Å². The number of aliphatic hydroxyl groups is 4. The van der Waals surface area contributed by atoms with Crippen LogP contribution in [0.5, 0.6) is 0 Å². The Hall–Kier alpha value is -2.38. The first-order valence-corrected chi connectivity index (χ1v) is 10.2. The van der Waals surface area contributed by atoms with Crippen LogP contribution < -0.4 is 0 Å². The molecule has 1 heterocycles. The van der Waals surface area contributed by atoms with Gasteiger partial charge in [-0.05, 0) is 26.7 Å². The van der Waals surface area contributed by atoms with Crippen LogP contribution in [-0.2, 0) is 28.7 Å². The highest BCUT2D eigenvalue weighted by atomic mass is 16.6. The highest BCUT2D eigenvalue weighted by Gasteiger charge is 2.13. The molecule has 0 fully saturated rings. The van der Waals surface area contributed by atoms with Crippen LogP contribution in [-0.4, -0.2) is 93.2 Å². The molecule has 0 saturated carbocycles. The number of unbranched alkanes of at least 4 members (excludes halogenated alkanes) is 1. The molecule has 2 unspecified atom stereocenters. The zero-order valence-electron chi connectivity index (χ0n) is 19.6. The lowest BCUT2D eigenvalue weighted by Gasteiger charge is -2.16. The topological polar surface area (TPSA) is 208 Å². The summed E-state index contributed by atoms with van der Waals surface area (Å²) in [6, 6.07) is 0. The largest absolute Gasteiger partial charge is 0.481 e. The Morgan fingerprint density at radius 3 is 1.36 bits per heavy atom. The van der Waals surface area contributed by atoms with E-state index in [0.29, 0.717) is 26.1 Å². The summed E-state index contributed by atoms with van der Waals surface area (Å²) in [6.45, 7) is 7.56. The van der Waals surface area contributed by atoms with Gasteiger partial charge in [0.1, 0.15) is 0 Å². The van der Waals surface area contributed by atoms with Crippen molar-refractivity contribution in [2.45, 2.75) is 65.6 Å². The van der Waals surface area contributed by atoms with Crippen LogP contribution in [0.1, 0.15) is 53.4 Å². The Bertz CT molecular complexity index is 536. The number of hydrogen-bond donors (Lipinski definition) is 6. The van der Waals surface area contributed by atoms with E-state index in [4.69, 9.17) is 35.4 Å². The Labute approximate surface area is 193 Å². The SMILES string of the molecule is CC(C)(CO)CO.CC(O)COCC(C)O.O=C(O)CCCCC(=O)O.O=C1C=CC(=O)O1. The van der Waals surface area contributed by atoms with Crippen molar-refractivity contribution in [1.29, 1.82) is 0 Å². The number of carboxylic acid groups (broad SMARTS) is 2. The molecule has 194 valence electrons. The molecule has 0 saturated heterocycles. The maximum atomic E-state index is 9.92. The van der Waals surface area contributed by atoms with Gasteiger partial charge in [-0.15, -0.1) is 0 Å². The van der Waals surface area contributed by atoms with E-state index < -0.39 is 36.1 Å². The third kappa shape index (κ3) is 34.4. The Kier molecular flexibility index (Phi) is 22.9. The molecule has 0 spiro atoms. The molecule has 0 aliphatic carbocycles. The molecule has 0 bridgehead atoms. The number of esters is 2. The molecule has 1 aliphatic heterocycles. The van der Waals surface area contributed by atoms with Gasteiger partial charge in [0.25, 0.3) is 0 Å². The number of rotatable bonds is 11. The van der Waals surface area contributed by atoms with Crippen molar-refractivity contribution in [3.8, 4) is 0 Å². The second-order valence-corrected chi connectivity index (χ2v) is 7.78.